The maximum atomic E-state index is 12.0. The molecule has 1 aromatic heterocycles. The first-order valence-electron chi connectivity index (χ1n) is 6.70. The van der Waals surface area contributed by atoms with E-state index >= 15 is 0 Å². The molecule has 1 aromatic rings. The Morgan fingerprint density at radius 2 is 1.95 bits per heavy atom. The largest absolute Gasteiger partial charge is 0.396 e. The zero-order valence-corrected chi connectivity index (χ0v) is 12.9. The Bertz CT molecular complexity index is 420. The third-order valence-electron chi connectivity index (χ3n) is 3.03. The molecule has 6 heteroatoms. The third-order valence-corrected chi connectivity index (χ3v) is 3.89. The Hall–Kier alpha value is -1.40. The van der Waals surface area contributed by atoms with Gasteiger partial charge in [0.25, 0.3) is 5.91 Å². The van der Waals surface area contributed by atoms with E-state index in [0.717, 1.165) is 19.3 Å². The van der Waals surface area contributed by atoms with Crippen molar-refractivity contribution < 1.29 is 14.7 Å². The van der Waals surface area contributed by atoms with E-state index < -0.39 is 0 Å². The van der Waals surface area contributed by atoms with Gasteiger partial charge >= 0.3 is 0 Å². The van der Waals surface area contributed by atoms with Gasteiger partial charge in [0.05, 0.1) is 11.4 Å². The van der Waals surface area contributed by atoms with E-state index in [1.165, 1.54) is 16.2 Å². The van der Waals surface area contributed by atoms with E-state index in [4.69, 9.17) is 5.11 Å². The van der Waals surface area contributed by atoms with E-state index in [1.54, 1.807) is 25.1 Å². The van der Waals surface area contributed by atoms with Crippen LogP contribution in [0.3, 0.4) is 0 Å². The molecule has 1 heterocycles. The van der Waals surface area contributed by atoms with Gasteiger partial charge in [-0.2, -0.15) is 0 Å². The van der Waals surface area contributed by atoms with E-state index in [1.807, 2.05) is 11.4 Å². The molecular formula is C14H22N2O3S. The number of unbranched alkanes of at least 4 members (excludes halogenated alkanes) is 2. The van der Waals surface area contributed by atoms with Crippen LogP contribution in [0.5, 0.6) is 0 Å². The molecule has 0 aromatic carbocycles. The van der Waals surface area contributed by atoms with Gasteiger partial charge in [0.1, 0.15) is 0 Å². The maximum Gasteiger partial charge on any atom is 0.264 e. The van der Waals surface area contributed by atoms with Crippen LogP contribution in [0.4, 0.5) is 0 Å². The van der Waals surface area contributed by atoms with Gasteiger partial charge in [-0.3, -0.25) is 9.59 Å². The van der Waals surface area contributed by atoms with Crippen molar-refractivity contribution in [1.82, 2.24) is 9.80 Å². The highest BCUT2D eigenvalue weighted by molar-refractivity contribution is 7.12. The van der Waals surface area contributed by atoms with E-state index in [2.05, 4.69) is 0 Å². The fourth-order valence-corrected chi connectivity index (χ4v) is 2.46. The van der Waals surface area contributed by atoms with Crippen molar-refractivity contribution in [2.24, 2.45) is 0 Å². The molecule has 1 N–H and O–H groups in total. The molecule has 0 spiro atoms. The Balaban J connectivity index is 2.35. The highest BCUT2D eigenvalue weighted by Gasteiger charge is 2.17. The first-order valence-corrected chi connectivity index (χ1v) is 7.58. The first-order chi connectivity index (χ1) is 9.56. The summed E-state index contributed by atoms with van der Waals surface area (Å²) in [4.78, 5) is 27.7. The van der Waals surface area contributed by atoms with Gasteiger partial charge in [0.15, 0.2) is 0 Å². The van der Waals surface area contributed by atoms with Crippen LogP contribution < -0.4 is 0 Å². The number of rotatable bonds is 8. The maximum absolute atomic E-state index is 12.0. The zero-order chi connectivity index (χ0) is 15.0. The molecule has 0 saturated heterocycles. The lowest BCUT2D eigenvalue weighted by Gasteiger charge is -2.21. The van der Waals surface area contributed by atoms with Crippen LogP contribution in [0.2, 0.25) is 0 Å². The predicted octanol–water partition coefficient (Wildman–Crippen LogP) is 1.44. The summed E-state index contributed by atoms with van der Waals surface area (Å²) in [7, 11) is 3.38. The number of thiophene rings is 1. The summed E-state index contributed by atoms with van der Waals surface area (Å²) in [5.41, 5.74) is 0. The molecule has 0 fully saturated rings. The smallest absolute Gasteiger partial charge is 0.264 e. The average molecular weight is 298 g/mol. The molecule has 0 atom stereocenters. The lowest BCUT2D eigenvalue weighted by molar-refractivity contribution is -0.130. The van der Waals surface area contributed by atoms with Crippen LogP contribution in [0.15, 0.2) is 17.5 Å². The lowest BCUT2D eigenvalue weighted by Crippen LogP contribution is -2.39. The Morgan fingerprint density at radius 3 is 2.55 bits per heavy atom. The van der Waals surface area contributed by atoms with Gasteiger partial charge < -0.3 is 14.9 Å². The van der Waals surface area contributed by atoms with Crippen molar-refractivity contribution in [3.63, 3.8) is 0 Å². The van der Waals surface area contributed by atoms with E-state index in [9.17, 15) is 9.59 Å². The standard InChI is InChI=1S/C14H22N2O3S/c1-15(8-4-3-5-9-17)13(18)11-16(2)14(19)12-7-6-10-20-12/h6-7,10,17H,3-5,8-9,11H2,1-2H3. The van der Waals surface area contributed by atoms with Crippen molar-refractivity contribution in [1.29, 1.82) is 0 Å². The number of hydrogen-bond acceptors (Lipinski definition) is 4. The second-order valence-electron chi connectivity index (χ2n) is 4.74. The molecular weight excluding hydrogens is 276 g/mol. The second-order valence-corrected chi connectivity index (χ2v) is 5.69. The number of carbonyl (C=O) groups excluding carboxylic acids is 2. The Morgan fingerprint density at radius 1 is 1.20 bits per heavy atom. The minimum Gasteiger partial charge on any atom is -0.396 e. The van der Waals surface area contributed by atoms with E-state index in [-0.39, 0.29) is 25.0 Å². The molecule has 0 unspecified atom stereocenters. The minimum absolute atomic E-state index is 0.0681. The SMILES string of the molecule is CN(CCCCCO)C(=O)CN(C)C(=O)c1cccs1. The molecule has 0 aliphatic heterocycles. The molecule has 1 rings (SSSR count). The number of aliphatic hydroxyl groups is 1. The van der Waals surface area contributed by atoms with Gasteiger partial charge in [0, 0.05) is 27.2 Å². The molecule has 5 nitrogen and oxygen atoms in total. The summed E-state index contributed by atoms with van der Waals surface area (Å²) in [6.07, 6.45) is 2.53. The van der Waals surface area contributed by atoms with Crippen molar-refractivity contribution in [2.45, 2.75) is 19.3 Å². The van der Waals surface area contributed by atoms with Crippen LogP contribution in [-0.2, 0) is 4.79 Å². The Kier molecular flexibility index (Phi) is 7.25. The number of hydrogen-bond donors (Lipinski definition) is 1. The van der Waals surface area contributed by atoms with Crippen LogP contribution in [0.1, 0.15) is 28.9 Å². The van der Waals surface area contributed by atoms with Crippen LogP contribution in [0.25, 0.3) is 0 Å². The quantitative estimate of drug-likeness (QED) is 0.739. The first kappa shape index (κ1) is 16.7. The molecule has 0 saturated carbocycles. The summed E-state index contributed by atoms with van der Waals surface area (Å²) in [5, 5.41) is 10.5. The van der Waals surface area contributed by atoms with Crippen molar-refractivity contribution in [3.8, 4) is 0 Å². The lowest BCUT2D eigenvalue weighted by atomic mass is 10.2. The normalized spacial score (nSPS) is 10.3. The molecule has 2 amide bonds. The molecule has 20 heavy (non-hydrogen) atoms. The monoisotopic (exact) mass is 298 g/mol. The van der Waals surface area contributed by atoms with E-state index in [0.29, 0.717) is 11.4 Å². The summed E-state index contributed by atoms with van der Waals surface area (Å²) < 4.78 is 0. The minimum atomic E-state index is -0.123. The number of nitrogens with zero attached hydrogens (tertiary/aromatic N) is 2. The number of carbonyl (C=O) groups is 2. The zero-order valence-electron chi connectivity index (χ0n) is 12.0. The van der Waals surface area contributed by atoms with Crippen molar-refractivity contribution in [2.75, 3.05) is 33.8 Å². The summed E-state index contributed by atoms with van der Waals surface area (Å²) in [6, 6.07) is 3.58. The fourth-order valence-electron chi connectivity index (χ4n) is 1.75. The molecule has 112 valence electrons. The molecule has 0 bridgehead atoms. The summed E-state index contributed by atoms with van der Waals surface area (Å²) >= 11 is 1.37. The summed E-state index contributed by atoms with van der Waals surface area (Å²) in [5.74, 6) is -0.191. The fraction of sp³-hybridized carbons (Fsp3) is 0.571. The molecule has 0 aliphatic rings. The van der Waals surface area contributed by atoms with Crippen LogP contribution in [-0.4, -0.2) is 60.5 Å². The third kappa shape index (κ3) is 5.30. The summed E-state index contributed by atoms with van der Waals surface area (Å²) in [6.45, 7) is 0.933. The number of aliphatic hydroxyl groups excluding tert-OH is 1. The topological polar surface area (TPSA) is 60.9 Å². The Labute approximate surface area is 123 Å². The highest BCUT2D eigenvalue weighted by atomic mass is 32.1. The van der Waals surface area contributed by atoms with Gasteiger partial charge in [-0.05, 0) is 30.7 Å². The highest BCUT2D eigenvalue weighted by Crippen LogP contribution is 2.11. The number of amides is 2. The van der Waals surface area contributed by atoms with Gasteiger partial charge in [0.2, 0.25) is 5.91 Å². The predicted molar refractivity (Wildman–Crippen MR) is 79.9 cm³/mol. The average Bonchev–Trinajstić information content (AvgIpc) is 2.96. The van der Waals surface area contributed by atoms with Crippen LogP contribution >= 0.6 is 11.3 Å². The molecule has 0 radical (unpaired) electrons. The van der Waals surface area contributed by atoms with Gasteiger partial charge in [-0.25, -0.2) is 0 Å². The van der Waals surface area contributed by atoms with Crippen molar-refractivity contribution in [3.05, 3.63) is 22.4 Å². The second kappa shape index (κ2) is 8.71. The molecule has 0 aliphatic carbocycles. The number of likely N-dealkylation sites (N-methyl/N-ethyl adjacent to an activating group) is 2. The van der Waals surface area contributed by atoms with Gasteiger partial charge in [-0.1, -0.05) is 6.07 Å². The van der Waals surface area contributed by atoms with Gasteiger partial charge in [-0.15, -0.1) is 11.3 Å². The van der Waals surface area contributed by atoms with Crippen LogP contribution in [0, 0.1) is 0 Å². The van der Waals surface area contributed by atoms with Crippen molar-refractivity contribution >= 4 is 23.2 Å².